The Morgan fingerprint density at radius 3 is 2.29 bits per heavy atom. The number of phenols is 1. The molecule has 11 nitrogen and oxygen atoms in total. The van der Waals surface area contributed by atoms with Crippen LogP contribution in [0.2, 0.25) is 0 Å². The summed E-state index contributed by atoms with van der Waals surface area (Å²) >= 11 is 0. The fourth-order valence-electron chi connectivity index (χ4n) is 5.75. The number of nitrogens with two attached hydrogens (primary N) is 2. The quantitative estimate of drug-likeness (QED) is 0.141. The summed E-state index contributed by atoms with van der Waals surface area (Å²) in [5.74, 6) is -2.25. The lowest BCUT2D eigenvalue weighted by atomic mass is 10.0. The molecule has 8 N–H and O–H groups in total. The van der Waals surface area contributed by atoms with Gasteiger partial charge < -0.3 is 37.1 Å². The van der Waals surface area contributed by atoms with Crippen LogP contribution in [0, 0.1) is 5.92 Å². The smallest absolute Gasteiger partial charge is 0.243 e. The normalized spacial score (nSPS) is 16.6. The van der Waals surface area contributed by atoms with Crippen LogP contribution >= 0.6 is 0 Å². The summed E-state index contributed by atoms with van der Waals surface area (Å²) in [7, 11) is 0. The van der Waals surface area contributed by atoms with Gasteiger partial charge in [-0.05, 0) is 47.7 Å². The second kappa shape index (κ2) is 14.1. The van der Waals surface area contributed by atoms with Crippen molar-refractivity contribution in [1.29, 1.82) is 0 Å². The Morgan fingerprint density at radius 2 is 1.56 bits per heavy atom. The summed E-state index contributed by atoms with van der Waals surface area (Å²) in [4.78, 5) is 57.4. The molecule has 45 heavy (non-hydrogen) atoms. The van der Waals surface area contributed by atoms with E-state index in [1.165, 1.54) is 0 Å². The van der Waals surface area contributed by atoms with Crippen LogP contribution in [-0.4, -0.2) is 69.8 Å². The van der Waals surface area contributed by atoms with Gasteiger partial charge in [0.1, 0.15) is 17.8 Å². The van der Waals surface area contributed by atoms with Gasteiger partial charge in [0.15, 0.2) is 0 Å². The topological polar surface area (TPSA) is 184 Å². The minimum absolute atomic E-state index is 0.130. The summed E-state index contributed by atoms with van der Waals surface area (Å²) in [5, 5.41) is 16.1. The van der Waals surface area contributed by atoms with Gasteiger partial charge in [-0.15, -0.1) is 0 Å². The van der Waals surface area contributed by atoms with Crippen LogP contribution in [0.25, 0.3) is 10.9 Å². The van der Waals surface area contributed by atoms with E-state index in [0.29, 0.717) is 19.4 Å². The Labute approximate surface area is 261 Å². The molecule has 0 aliphatic carbocycles. The first-order valence-corrected chi connectivity index (χ1v) is 15.0. The van der Waals surface area contributed by atoms with E-state index in [2.05, 4.69) is 15.6 Å². The van der Waals surface area contributed by atoms with Crippen molar-refractivity contribution in [3.05, 3.63) is 102 Å². The number of primary amides is 1. The highest BCUT2D eigenvalue weighted by Gasteiger charge is 2.35. The second-order valence-electron chi connectivity index (χ2n) is 11.5. The van der Waals surface area contributed by atoms with E-state index in [1.54, 1.807) is 35.4 Å². The Bertz CT molecular complexity index is 1650. The molecule has 1 aromatic heterocycles. The third-order valence-corrected chi connectivity index (χ3v) is 8.25. The Balaban J connectivity index is 1.27. The molecular weight excluding hydrogens is 572 g/mol. The Hall–Kier alpha value is -5.16. The second-order valence-corrected chi connectivity index (χ2v) is 11.5. The maximum atomic E-state index is 13.7. The number of hydrogen-bond donors (Lipinski definition) is 6. The lowest BCUT2D eigenvalue weighted by Gasteiger charge is -2.24. The van der Waals surface area contributed by atoms with Crippen LogP contribution in [0.4, 0.5) is 0 Å². The molecule has 5 rings (SSSR count). The molecule has 234 valence electrons. The number of benzene rings is 3. The summed E-state index contributed by atoms with van der Waals surface area (Å²) in [6.45, 7) is 0.535. The minimum Gasteiger partial charge on any atom is -0.508 e. The molecule has 0 radical (unpaired) electrons. The van der Waals surface area contributed by atoms with Gasteiger partial charge in [-0.2, -0.15) is 0 Å². The maximum Gasteiger partial charge on any atom is 0.243 e. The zero-order chi connectivity index (χ0) is 31.9. The molecule has 11 heteroatoms. The van der Waals surface area contributed by atoms with Crippen molar-refractivity contribution >= 4 is 34.5 Å². The summed E-state index contributed by atoms with van der Waals surface area (Å²) in [5.41, 5.74) is 15.2. The lowest BCUT2D eigenvalue weighted by molar-refractivity contribution is -0.133. The third-order valence-electron chi connectivity index (χ3n) is 8.25. The third kappa shape index (κ3) is 7.87. The monoisotopic (exact) mass is 610 g/mol. The van der Waals surface area contributed by atoms with E-state index in [9.17, 15) is 24.3 Å². The van der Waals surface area contributed by atoms with Crippen molar-refractivity contribution in [2.45, 2.75) is 43.8 Å². The average molecular weight is 611 g/mol. The van der Waals surface area contributed by atoms with E-state index in [-0.39, 0.29) is 37.0 Å². The number of hydrogen-bond acceptors (Lipinski definition) is 6. The van der Waals surface area contributed by atoms with Crippen LogP contribution < -0.4 is 22.1 Å². The molecule has 4 atom stereocenters. The van der Waals surface area contributed by atoms with Crippen LogP contribution in [0.1, 0.15) is 23.1 Å². The highest BCUT2D eigenvalue weighted by atomic mass is 16.3. The minimum atomic E-state index is -1.00. The van der Waals surface area contributed by atoms with E-state index in [1.807, 2.05) is 54.6 Å². The van der Waals surface area contributed by atoms with Gasteiger partial charge >= 0.3 is 0 Å². The lowest BCUT2D eigenvalue weighted by Crippen LogP contribution is -2.55. The zero-order valence-corrected chi connectivity index (χ0v) is 24.8. The van der Waals surface area contributed by atoms with Gasteiger partial charge in [0, 0.05) is 43.0 Å². The maximum absolute atomic E-state index is 13.7. The van der Waals surface area contributed by atoms with Gasteiger partial charge in [-0.25, -0.2) is 0 Å². The first-order valence-electron chi connectivity index (χ1n) is 15.0. The fraction of sp³-hybridized carbons (Fsp3) is 0.294. The molecule has 3 aromatic carbocycles. The van der Waals surface area contributed by atoms with Gasteiger partial charge in [0.25, 0.3) is 0 Å². The number of carbonyl (C=O) groups is 4. The standard InChI is InChI=1S/C34H38N6O5/c35-27(16-22-10-12-25(41)13-11-22)34(45)40-15-14-23(20-40)32(43)39-30(18-24-19-37-28-9-5-4-8-26(24)28)33(44)38-29(31(36)42)17-21-6-2-1-3-7-21/h1-13,19,23,27,29-30,37,41H,14-18,20,35H2,(H2,36,42)(H,38,44)(H,39,43)/t23-,27+,29+,30+/m0/s1. The molecule has 4 aromatic rings. The van der Waals surface area contributed by atoms with E-state index >= 15 is 0 Å². The largest absolute Gasteiger partial charge is 0.508 e. The van der Waals surface area contributed by atoms with Crippen molar-refractivity contribution in [3.8, 4) is 5.75 Å². The fourth-order valence-corrected chi connectivity index (χ4v) is 5.75. The SMILES string of the molecule is NC(=O)[C@@H](Cc1ccccc1)NC(=O)[C@@H](Cc1c[nH]c2ccccc12)NC(=O)[C@H]1CCN(C(=O)[C@H](N)Cc2ccc(O)cc2)C1. The molecule has 1 aliphatic rings. The highest BCUT2D eigenvalue weighted by molar-refractivity contribution is 5.93. The molecule has 4 amide bonds. The molecule has 0 spiro atoms. The van der Waals surface area contributed by atoms with E-state index in [4.69, 9.17) is 11.5 Å². The molecule has 2 heterocycles. The molecule has 1 fully saturated rings. The number of nitrogens with zero attached hydrogens (tertiary/aromatic N) is 1. The van der Waals surface area contributed by atoms with E-state index in [0.717, 1.165) is 27.6 Å². The van der Waals surface area contributed by atoms with Crippen LogP contribution in [0.5, 0.6) is 5.75 Å². The first-order chi connectivity index (χ1) is 21.7. The number of fused-ring (bicyclic) bond motifs is 1. The number of amides is 4. The predicted octanol–water partition coefficient (Wildman–Crippen LogP) is 1.53. The van der Waals surface area contributed by atoms with Crippen LogP contribution in [0.3, 0.4) is 0 Å². The molecule has 0 saturated carbocycles. The summed E-state index contributed by atoms with van der Waals surface area (Å²) in [6.07, 6.45) is 2.90. The van der Waals surface area contributed by atoms with Crippen molar-refractivity contribution in [2.75, 3.05) is 13.1 Å². The van der Waals surface area contributed by atoms with Crippen LogP contribution in [-0.2, 0) is 38.4 Å². The zero-order valence-electron chi connectivity index (χ0n) is 24.8. The number of likely N-dealkylation sites (tertiary alicyclic amines) is 1. The van der Waals surface area contributed by atoms with Gasteiger partial charge in [-0.1, -0.05) is 60.7 Å². The molecule has 0 unspecified atom stereocenters. The number of rotatable bonds is 12. The number of carbonyl (C=O) groups excluding carboxylic acids is 4. The van der Waals surface area contributed by atoms with E-state index < -0.39 is 35.9 Å². The average Bonchev–Trinajstić information content (AvgIpc) is 3.70. The van der Waals surface area contributed by atoms with Gasteiger partial charge in [0.05, 0.1) is 12.0 Å². The number of aromatic amines is 1. The number of H-pyrrole nitrogens is 1. The number of aromatic hydroxyl groups is 1. The molecule has 1 aliphatic heterocycles. The van der Waals surface area contributed by atoms with Crippen molar-refractivity contribution in [2.24, 2.45) is 17.4 Å². The Kier molecular flexibility index (Phi) is 9.79. The van der Waals surface area contributed by atoms with Crippen LogP contribution in [0.15, 0.2) is 85.1 Å². The number of nitrogens with one attached hydrogen (secondary N) is 3. The van der Waals surface area contributed by atoms with Crippen molar-refractivity contribution in [1.82, 2.24) is 20.5 Å². The molecule has 1 saturated heterocycles. The number of para-hydroxylation sites is 1. The van der Waals surface area contributed by atoms with Gasteiger partial charge in [0.2, 0.25) is 23.6 Å². The predicted molar refractivity (Wildman–Crippen MR) is 170 cm³/mol. The highest BCUT2D eigenvalue weighted by Crippen LogP contribution is 2.22. The molecular formula is C34H38N6O5. The van der Waals surface area contributed by atoms with Crippen molar-refractivity contribution in [3.63, 3.8) is 0 Å². The summed E-state index contributed by atoms with van der Waals surface area (Å²) in [6, 6.07) is 20.6. The summed E-state index contributed by atoms with van der Waals surface area (Å²) < 4.78 is 0. The number of aromatic nitrogens is 1. The number of phenolic OH excluding ortho intramolecular Hbond substituents is 1. The Morgan fingerprint density at radius 1 is 0.867 bits per heavy atom. The first kappa shape index (κ1) is 31.3. The molecule has 0 bridgehead atoms. The van der Waals surface area contributed by atoms with Gasteiger partial charge in [-0.3, -0.25) is 19.2 Å². The van der Waals surface area contributed by atoms with Crippen molar-refractivity contribution < 1.29 is 24.3 Å².